The van der Waals surface area contributed by atoms with E-state index in [1.54, 1.807) is 12.3 Å². The van der Waals surface area contributed by atoms with E-state index in [-0.39, 0.29) is 18.0 Å². The second-order valence-electron chi connectivity index (χ2n) is 7.72. The van der Waals surface area contributed by atoms with Crippen LogP contribution >= 0.6 is 11.6 Å². The van der Waals surface area contributed by atoms with Gasteiger partial charge >= 0.3 is 0 Å². The van der Waals surface area contributed by atoms with Gasteiger partial charge in [-0.25, -0.2) is 9.37 Å². The minimum atomic E-state index is -0.288. The quantitative estimate of drug-likeness (QED) is 0.429. The number of H-pyrrole nitrogens is 1. The molecule has 0 saturated heterocycles. The molecule has 2 unspecified atom stereocenters. The molecule has 4 nitrogen and oxygen atoms in total. The highest BCUT2D eigenvalue weighted by Gasteiger charge is 2.34. The second-order valence-corrected chi connectivity index (χ2v) is 8.16. The minimum absolute atomic E-state index is 0.119. The summed E-state index contributed by atoms with van der Waals surface area (Å²) in [5.41, 5.74) is 11.9. The SMILES string of the molecule is CCC1c2cc(-c3ccnc4[nH]ccc34)c(F)cc2CN1C(N)c1ccc(Cl)cc1. The van der Waals surface area contributed by atoms with E-state index < -0.39 is 0 Å². The lowest BCUT2D eigenvalue weighted by Crippen LogP contribution is -2.33. The van der Waals surface area contributed by atoms with Gasteiger partial charge in [-0.05, 0) is 65.1 Å². The van der Waals surface area contributed by atoms with Crippen LogP contribution < -0.4 is 5.73 Å². The summed E-state index contributed by atoms with van der Waals surface area (Å²) in [6.07, 6.45) is 4.13. The van der Waals surface area contributed by atoms with Gasteiger partial charge in [0.1, 0.15) is 11.5 Å². The number of hydrogen-bond acceptors (Lipinski definition) is 3. The van der Waals surface area contributed by atoms with Gasteiger partial charge in [0.15, 0.2) is 0 Å². The number of nitrogens with one attached hydrogen (secondary N) is 1. The van der Waals surface area contributed by atoms with E-state index in [1.807, 2.05) is 48.7 Å². The number of aromatic amines is 1. The molecule has 0 aliphatic carbocycles. The van der Waals surface area contributed by atoms with Crippen LogP contribution in [0.15, 0.2) is 60.9 Å². The molecule has 30 heavy (non-hydrogen) atoms. The summed E-state index contributed by atoms with van der Waals surface area (Å²) < 4.78 is 15.2. The molecule has 0 radical (unpaired) electrons. The number of hydrogen-bond donors (Lipinski definition) is 2. The second kappa shape index (κ2) is 7.51. The Kier molecular flexibility index (Phi) is 4.82. The van der Waals surface area contributed by atoms with Crippen molar-refractivity contribution in [3.05, 3.63) is 88.5 Å². The first-order valence-electron chi connectivity index (χ1n) is 10.1. The number of aromatic nitrogens is 2. The Morgan fingerprint density at radius 2 is 2.00 bits per heavy atom. The van der Waals surface area contributed by atoms with Crippen LogP contribution in [0.1, 0.15) is 42.2 Å². The van der Waals surface area contributed by atoms with E-state index in [2.05, 4.69) is 21.8 Å². The highest BCUT2D eigenvalue weighted by atomic mass is 35.5. The lowest BCUT2D eigenvalue weighted by molar-refractivity contribution is 0.145. The lowest BCUT2D eigenvalue weighted by Gasteiger charge is -2.30. The zero-order chi connectivity index (χ0) is 20.8. The Labute approximate surface area is 179 Å². The summed E-state index contributed by atoms with van der Waals surface area (Å²) in [6.45, 7) is 2.76. The molecule has 3 heterocycles. The van der Waals surface area contributed by atoms with Crippen molar-refractivity contribution >= 4 is 22.6 Å². The topological polar surface area (TPSA) is 57.9 Å². The predicted octanol–water partition coefficient (Wildman–Crippen LogP) is 5.95. The van der Waals surface area contributed by atoms with Crippen LogP contribution in [0, 0.1) is 5.82 Å². The molecule has 0 amide bonds. The number of halogens is 2. The molecular formula is C24H22ClFN4. The van der Waals surface area contributed by atoms with Crippen molar-refractivity contribution in [1.29, 1.82) is 0 Å². The third-order valence-electron chi connectivity index (χ3n) is 6.05. The summed E-state index contributed by atoms with van der Waals surface area (Å²) in [7, 11) is 0. The molecule has 0 fully saturated rings. The number of benzene rings is 2. The smallest absolute Gasteiger partial charge is 0.137 e. The molecule has 2 atom stereocenters. The van der Waals surface area contributed by atoms with E-state index >= 15 is 4.39 Å². The average Bonchev–Trinajstić information content (AvgIpc) is 3.37. The third-order valence-corrected chi connectivity index (χ3v) is 6.30. The molecular weight excluding hydrogens is 399 g/mol. The number of nitrogens with zero attached hydrogens (tertiary/aromatic N) is 2. The van der Waals surface area contributed by atoms with Crippen molar-refractivity contribution in [2.75, 3.05) is 0 Å². The number of nitrogens with two attached hydrogens (primary N) is 1. The van der Waals surface area contributed by atoms with Gasteiger partial charge in [-0.3, -0.25) is 4.90 Å². The zero-order valence-corrected chi connectivity index (χ0v) is 17.3. The van der Waals surface area contributed by atoms with Gasteiger partial charge in [0, 0.05) is 41.0 Å². The van der Waals surface area contributed by atoms with Gasteiger partial charge in [-0.2, -0.15) is 0 Å². The molecule has 6 heteroatoms. The molecule has 0 bridgehead atoms. The molecule has 3 N–H and O–H groups in total. The molecule has 152 valence electrons. The van der Waals surface area contributed by atoms with E-state index in [4.69, 9.17) is 17.3 Å². The van der Waals surface area contributed by atoms with Gasteiger partial charge in [0.25, 0.3) is 0 Å². The summed E-state index contributed by atoms with van der Waals surface area (Å²) >= 11 is 6.03. The molecule has 0 saturated carbocycles. The number of fused-ring (bicyclic) bond motifs is 2. The number of rotatable bonds is 4. The van der Waals surface area contributed by atoms with Crippen LogP contribution in [-0.4, -0.2) is 14.9 Å². The van der Waals surface area contributed by atoms with Gasteiger partial charge in [-0.15, -0.1) is 0 Å². The first-order valence-corrected chi connectivity index (χ1v) is 10.5. The molecule has 4 aromatic rings. The van der Waals surface area contributed by atoms with Crippen molar-refractivity contribution in [3.63, 3.8) is 0 Å². The van der Waals surface area contributed by atoms with E-state index in [0.29, 0.717) is 17.1 Å². The summed E-state index contributed by atoms with van der Waals surface area (Å²) in [5.74, 6) is -0.223. The fourth-order valence-corrected chi connectivity index (χ4v) is 4.69. The van der Waals surface area contributed by atoms with Crippen LogP contribution in [0.4, 0.5) is 4.39 Å². The van der Waals surface area contributed by atoms with Crippen LogP contribution in [-0.2, 0) is 6.54 Å². The average molecular weight is 421 g/mol. The summed E-state index contributed by atoms with van der Waals surface area (Å²) in [5, 5.41) is 1.60. The molecule has 2 aromatic heterocycles. The van der Waals surface area contributed by atoms with Crippen molar-refractivity contribution in [2.45, 2.75) is 32.1 Å². The fraction of sp³-hybridized carbons (Fsp3) is 0.208. The highest BCUT2D eigenvalue weighted by molar-refractivity contribution is 6.30. The van der Waals surface area contributed by atoms with Gasteiger partial charge < -0.3 is 10.7 Å². The molecule has 2 aromatic carbocycles. The maximum atomic E-state index is 15.2. The van der Waals surface area contributed by atoms with Crippen molar-refractivity contribution in [3.8, 4) is 11.1 Å². The highest BCUT2D eigenvalue weighted by Crippen LogP contribution is 2.43. The molecule has 5 rings (SSSR count). The Morgan fingerprint density at radius 1 is 1.20 bits per heavy atom. The molecule has 1 aliphatic rings. The Morgan fingerprint density at radius 3 is 2.77 bits per heavy atom. The molecule has 0 spiro atoms. The Hall–Kier alpha value is -2.73. The first-order chi connectivity index (χ1) is 14.6. The Bertz CT molecular complexity index is 1220. The van der Waals surface area contributed by atoms with Crippen molar-refractivity contribution in [1.82, 2.24) is 14.9 Å². The van der Waals surface area contributed by atoms with E-state index in [0.717, 1.165) is 39.7 Å². The van der Waals surface area contributed by atoms with Crippen LogP contribution in [0.25, 0.3) is 22.2 Å². The zero-order valence-electron chi connectivity index (χ0n) is 16.6. The maximum absolute atomic E-state index is 15.2. The normalized spacial score (nSPS) is 17.4. The van der Waals surface area contributed by atoms with E-state index in [1.165, 1.54) is 0 Å². The fourth-order valence-electron chi connectivity index (χ4n) is 4.56. The van der Waals surface area contributed by atoms with Crippen LogP contribution in [0.3, 0.4) is 0 Å². The van der Waals surface area contributed by atoms with Crippen molar-refractivity contribution in [2.24, 2.45) is 5.73 Å². The maximum Gasteiger partial charge on any atom is 0.137 e. The van der Waals surface area contributed by atoms with Gasteiger partial charge in [0.2, 0.25) is 0 Å². The Balaban J connectivity index is 1.56. The first kappa shape index (κ1) is 19.2. The van der Waals surface area contributed by atoms with Gasteiger partial charge in [-0.1, -0.05) is 30.7 Å². The molecule has 1 aliphatic heterocycles. The summed E-state index contributed by atoms with van der Waals surface area (Å²) in [6, 6.07) is 15.2. The van der Waals surface area contributed by atoms with Crippen molar-refractivity contribution < 1.29 is 4.39 Å². The van der Waals surface area contributed by atoms with Gasteiger partial charge in [0.05, 0.1) is 6.17 Å². The number of pyridine rings is 1. The monoisotopic (exact) mass is 420 g/mol. The minimum Gasteiger partial charge on any atom is -0.346 e. The standard InChI is InChI=1S/C24H22ClFN4/c1-2-22-19-12-20(17-7-9-28-24-18(17)8-10-29-24)21(26)11-15(19)13-30(22)23(27)14-3-5-16(25)6-4-14/h3-12,22-23H,2,13,27H2,1H3,(H,28,29). The summed E-state index contributed by atoms with van der Waals surface area (Å²) in [4.78, 5) is 9.65. The largest absolute Gasteiger partial charge is 0.346 e. The lowest BCUT2D eigenvalue weighted by atomic mass is 9.95. The third kappa shape index (κ3) is 3.10. The van der Waals surface area contributed by atoms with Crippen LogP contribution in [0.5, 0.6) is 0 Å². The van der Waals surface area contributed by atoms with E-state index in [9.17, 15) is 0 Å². The predicted molar refractivity (Wildman–Crippen MR) is 118 cm³/mol. The van der Waals surface area contributed by atoms with Crippen LogP contribution in [0.2, 0.25) is 5.02 Å².